The lowest BCUT2D eigenvalue weighted by Gasteiger charge is -1.93. The molecule has 14 heavy (non-hydrogen) atoms. The van der Waals surface area contributed by atoms with Crippen molar-refractivity contribution >= 4 is 22.8 Å². The van der Waals surface area contributed by atoms with E-state index in [9.17, 15) is 9.59 Å². The lowest BCUT2D eigenvalue weighted by molar-refractivity contribution is -0.131. The number of carboxylic acid groups (broad SMARTS) is 1. The molecule has 0 aliphatic carbocycles. The van der Waals surface area contributed by atoms with E-state index in [1.807, 2.05) is 0 Å². The van der Waals surface area contributed by atoms with Crippen LogP contribution in [0.4, 0.5) is 0 Å². The van der Waals surface area contributed by atoms with Crippen LogP contribution < -0.4 is 0 Å². The number of carbonyl (C=O) groups excluding carboxylic acids is 1. The van der Waals surface area contributed by atoms with Crippen molar-refractivity contribution in [1.29, 1.82) is 0 Å². The van der Waals surface area contributed by atoms with Gasteiger partial charge in [-0.15, -0.1) is 0 Å². The molecule has 2 rings (SSSR count). The first-order valence-corrected chi connectivity index (χ1v) is 3.76. The monoisotopic (exact) mass is 191 g/mol. The predicted molar refractivity (Wildman–Crippen MR) is 45.9 cm³/mol. The van der Waals surface area contributed by atoms with Gasteiger partial charge in [0, 0.05) is 5.56 Å². The molecule has 0 aliphatic heterocycles. The van der Waals surface area contributed by atoms with Gasteiger partial charge in [0.1, 0.15) is 11.0 Å². The van der Waals surface area contributed by atoms with Crippen LogP contribution in [0.3, 0.4) is 0 Å². The Labute approximate surface area is 77.5 Å². The average Bonchev–Trinajstić information content (AvgIpc) is 2.62. The van der Waals surface area contributed by atoms with Crippen LogP contribution >= 0.6 is 0 Å². The highest BCUT2D eigenvalue weighted by atomic mass is 16.4. The topological polar surface area (TPSA) is 95.9 Å². The maximum Gasteiger partial charge on any atom is 0.377 e. The van der Waals surface area contributed by atoms with Crippen molar-refractivity contribution in [3.63, 3.8) is 0 Å². The van der Waals surface area contributed by atoms with Crippen molar-refractivity contribution in [1.82, 2.24) is 15.4 Å². The molecule has 1 aromatic carbocycles. The molecule has 0 unspecified atom stereocenters. The summed E-state index contributed by atoms with van der Waals surface area (Å²) in [5.74, 6) is -2.43. The first-order chi connectivity index (χ1) is 6.68. The van der Waals surface area contributed by atoms with E-state index in [1.54, 1.807) is 0 Å². The first-order valence-electron chi connectivity index (χ1n) is 3.76. The largest absolute Gasteiger partial charge is 0.475 e. The Kier molecular flexibility index (Phi) is 1.74. The minimum atomic E-state index is -1.48. The van der Waals surface area contributed by atoms with Crippen LogP contribution in [-0.4, -0.2) is 32.3 Å². The minimum Gasteiger partial charge on any atom is -0.475 e. The summed E-state index contributed by atoms with van der Waals surface area (Å²) in [6.07, 6.45) is 0. The number of H-pyrrole nitrogens is 1. The molecule has 2 aromatic rings. The van der Waals surface area contributed by atoms with Crippen molar-refractivity contribution < 1.29 is 14.7 Å². The third kappa shape index (κ3) is 1.22. The molecule has 1 heterocycles. The maximum atomic E-state index is 11.1. The van der Waals surface area contributed by atoms with Crippen LogP contribution in [0.1, 0.15) is 10.4 Å². The Morgan fingerprint density at radius 2 is 1.93 bits per heavy atom. The molecule has 6 heteroatoms. The second kappa shape index (κ2) is 2.91. The van der Waals surface area contributed by atoms with Crippen molar-refractivity contribution in [2.24, 2.45) is 0 Å². The highest BCUT2D eigenvalue weighted by Crippen LogP contribution is 2.10. The molecule has 6 nitrogen and oxygen atoms in total. The normalized spacial score (nSPS) is 10.3. The van der Waals surface area contributed by atoms with Crippen molar-refractivity contribution in [3.8, 4) is 0 Å². The number of carbonyl (C=O) groups is 2. The van der Waals surface area contributed by atoms with E-state index in [1.165, 1.54) is 18.2 Å². The lowest BCUT2D eigenvalue weighted by atomic mass is 10.1. The van der Waals surface area contributed by atoms with Crippen LogP contribution in [0.5, 0.6) is 0 Å². The summed E-state index contributed by atoms with van der Waals surface area (Å²) < 4.78 is 0. The Morgan fingerprint density at radius 3 is 2.64 bits per heavy atom. The Bertz CT molecular complexity index is 517. The minimum absolute atomic E-state index is 0.0962. The van der Waals surface area contributed by atoms with Crippen LogP contribution in [0.25, 0.3) is 11.0 Å². The highest BCUT2D eigenvalue weighted by Gasteiger charge is 2.15. The molecule has 0 fully saturated rings. The van der Waals surface area contributed by atoms with Gasteiger partial charge in [-0.25, -0.2) is 4.79 Å². The van der Waals surface area contributed by atoms with Gasteiger partial charge in [-0.05, 0) is 18.2 Å². The SMILES string of the molecule is O=C(O)C(=O)c1ccc2n[nH]nc2c1. The van der Waals surface area contributed by atoms with Crippen LogP contribution in [-0.2, 0) is 4.79 Å². The summed E-state index contributed by atoms with van der Waals surface area (Å²) in [6.45, 7) is 0. The number of nitrogens with zero attached hydrogens (tertiary/aromatic N) is 2. The Balaban J connectivity index is 2.54. The van der Waals surface area contributed by atoms with E-state index >= 15 is 0 Å². The van der Waals surface area contributed by atoms with Gasteiger partial charge in [-0.3, -0.25) is 4.79 Å². The zero-order chi connectivity index (χ0) is 10.1. The van der Waals surface area contributed by atoms with Gasteiger partial charge < -0.3 is 5.11 Å². The smallest absolute Gasteiger partial charge is 0.377 e. The number of ketones is 1. The Hall–Kier alpha value is -2.24. The van der Waals surface area contributed by atoms with Gasteiger partial charge in [0.15, 0.2) is 0 Å². The molecule has 70 valence electrons. The number of aliphatic carboxylic acids is 1. The second-order valence-corrected chi connectivity index (χ2v) is 2.66. The summed E-state index contributed by atoms with van der Waals surface area (Å²) >= 11 is 0. The average molecular weight is 191 g/mol. The number of Topliss-reactive ketones (excluding diaryl/α,β-unsaturated/α-hetero) is 1. The number of carboxylic acids is 1. The molecule has 0 radical (unpaired) electrons. The van der Waals surface area contributed by atoms with Crippen molar-refractivity contribution in [3.05, 3.63) is 23.8 Å². The summed E-state index contributed by atoms with van der Waals surface area (Å²) in [4.78, 5) is 21.4. The van der Waals surface area contributed by atoms with Crippen molar-refractivity contribution in [2.45, 2.75) is 0 Å². The van der Waals surface area contributed by atoms with E-state index in [4.69, 9.17) is 5.11 Å². The van der Waals surface area contributed by atoms with Gasteiger partial charge in [-0.1, -0.05) is 0 Å². The van der Waals surface area contributed by atoms with Crippen LogP contribution in [0, 0.1) is 0 Å². The summed E-state index contributed by atoms with van der Waals surface area (Å²) in [5, 5.41) is 18.3. The molecular weight excluding hydrogens is 186 g/mol. The second-order valence-electron chi connectivity index (χ2n) is 2.66. The fourth-order valence-electron chi connectivity index (χ4n) is 1.10. The number of hydrogen-bond donors (Lipinski definition) is 2. The Morgan fingerprint density at radius 1 is 1.21 bits per heavy atom. The van der Waals surface area contributed by atoms with Gasteiger partial charge in [-0.2, -0.15) is 15.4 Å². The number of aromatic amines is 1. The van der Waals surface area contributed by atoms with E-state index in [2.05, 4.69) is 15.4 Å². The summed E-state index contributed by atoms with van der Waals surface area (Å²) in [5.41, 5.74) is 1.16. The molecule has 0 aliphatic rings. The van der Waals surface area contributed by atoms with E-state index in [0.29, 0.717) is 11.0 Å². The predicted octanol–water partition coefficient (Wildman–Crippen LogP) is 0.225. The number of rotatable bonds is 2. The van der Waals surface area contributed by atoms with Gasteiger partial charge in [0.2, 0.25) is 0 Å². The lowest BCUT2D eigenvalue weighted by Crippen LogP contribution is -2.12. The molecule has 0 atom stereocenters. The number of benzene rings is 1. The van der Waals surface area contributed by atoms with E-state index < -0.39 is 11.8 Å². The van der Waals surface area contributed by atoms with Gasteiger partial charge in [0.05, 0.1) is 0 Å². The zero-order valence-electron chi connectivity index (χ0n) is 6.89. The maximum absolute atomic E-state index is 11.1. The fraction of sp³-hybridized carbons (Fsp3) is 0. The molecular formula is C8H5N3O3. The number of hydrogen-bond acceptors (Lipinski definition) is 4. The third-order valence-electron chi connectivity index (χ3n) is 1.77. The molecule has 2 N–H and O–H groups in total. The molecule has 1 aromatic heterocycles. The number of fused-ring (bicyclic) bond motifs is 1. The molecule has 0 bridgehead atoms. The molecule has 0 saturated carbocycles. The molecule has 0 saturated heterocycles. The van der Waals surface area contributed by atoms with E-state index in [-0.39, 0.29) is 5.56 Å². The fourth-order valence-corrected chi connectivity index (χ4v) is 1.10. The zero-order valence-corrected chi connectivity index (χ0v) is 6.89. The number of aromatic nitrogens is 3. The van der Waals surface area contributed by atoms with Gasteiger partial charge >= 0.3 is 5.97 Å². The quantitative estimate of drug-likeness (QED) is 0.523. The summed E-state index contributed by atoms with van der Waals surface area (Å²) in [6, 6.07) is 4.32. The van der Waals surface area contributed by atoms with Crippen molar-refractivity contribution in [2.75, 3.05) is 0 Å². The summed E-state index contributed by atoms with van der Waals surface area (Å²) in [7, 11) is 0. The van der Waals surface area contributed by atoms with E-state index in [0.717, 1.165) is 0 Å². The molecule has 0 amide bonds. The van der Waals surface area contributed by atoms with Gasteiger partial charge in [0.25, 0.3) is 5.78 Å². The van der Waals surface area contributed by atoms with Crippen LogP contribution in [0.15, 0.2) is 18.2 Å². The highest BCUT2D eigenvalue weighted by molar-refractivity contribution is 6.40. The molecule has 0 spiro atoms. The van der Waals surface area contributed by atoms with Crippen LogP contribution in [0.2, 0.25) is 0 Å². The first kappa shape index (κ1) is 8.36. The standard InChI is InChI=1S/C8H5N3O3/c12-7(8(13)14)4-1-2-5-6(3-4)10-11-9-5/h1-3H,(H,13,14)(H,9,10,11). The number of nitrogens with one attached hydrogen (secondary N) is 1. The third-order valence-corrected chi connectivity index (χ3v) is 1.77.